The van der Waals surface area contributed by atoms with E-state index in [0.717, 1.165) is 18.6 Å². The van der Waals surface area contributed by atoms with Crippen molar-refractivity contribution in [2.75, 3.05) is 0 Å². The summed E-state index contributed by atoms with van der Waals surface area (Å²) >= 11 is 0. The van der Waals surface area contributed by atoms with E-state index in [0.29, 0.717) is 0 Å². The Bertz CT molecular complexity index is 184. The van der Waals surface area contributed by atoms with E-state index in [1.165, 1.54) is 0 Å². The third-order valence-electron chi connectivity index (χ3n) is 1.62. The van der Waals surface area contributed by atoms with Gasteiger partial charge in [0, 0.05) is 0 Å². The van der Waals surface area contributed by atoms with Gasteiger partial charge < -0.3 is 9.62 Å². The zero-order valence-corrected chi connectivity index (χ0v) is 6.58. The van der Waals surface area contributed by atoms with Crippen LogP contribution in [0.5, 0.6) is 0 Å². The van der Waals surface area contributed by atoms with Crippen LogP contribution >= 0.6 is 0 Å². The number of rotatable bonds is 4. The van der Waals surface area contributed by atoms with Gasteiger partial charge in [-0.25, -0.2) is 0 Å². The molecular weight excluding hydrogens is 142 g/mol. The molecule has 0 bridgehead atoms. The van der Waals surface area contributed by atoms with Crippen molar-refractivity contribution in [3.63, 3.8) is 0 Å². The molecule has 11 heavy (non-hydrogen) atoms. The first-order chi connectivity index (χ1) is 5.38. The molecule has 0 amide bonds. The van der Waals surface area contributed by atoms with Gasteiger partial charge in [-0.1, -0.05) is 13.3 Å². The van der Waals surface area contributed by atoms with Gasteiger partial charge in [-0.15, -0.1) is 0 Å². The maximum atomic E-state index is 8.72. The van der Waals surface area contributed by atoms with Crippen molar-refractivity contribution < 1.29 is 9.62 Å². The summed E-state index contributed by atoms with van der Waals surface area (Å²) in [6, 6.07) is 3.61. The second-order valence-electron chi connectivity index (χ2n) is 2.49. The minimum Gasteiger partial charge on any atom is -0.468 e. The molecule has 2 N–H and O–H groups in total. The molecule has 0 unspecified atom stereocenters. The SMILES string of the molecule is CCC[C@@H](NO)c1ccco1. The molecule has 0 saturated carbocycles. The van der Waals surface area contributed by atoms with Crippen LogP contribution in [0.4, 0.5) is 0 Å². The summed E-state index contributed by atoms with van der Waals surface area (Å²) in [6.45, 7) is 2.06. The van der Waals surface area contributed by atoms with Crippen molar-refractivity contribution in [3.05, 3.63) is 24.2 Å². The quantitative estimate of drug-likeness (QED) is 0.654. The van der Waals surface area contributed by atoms with Crippen molar-refractivity contribution in [1.29, 1.82) is 0 Å². The predicted octanol–water partition coefficient (Wildman–Crippen LogP) is 2.10. The van der Waals surface area contributed by atoms with Gasteiger partial charge in [0.05, 0.1) is 12.3 Å². The van der Waals surface area contributed by atoms with Gasteiger partial charge in [0.2, 0.25) is 0 Å². The van der Waals surface area contributed by atoms with Crippen molar-refractivity contribution in [2.24, 2.45) is 0 Å². The number of nitrogens with one attached hydrogen (secondary N) is 1. The third kappa shape index (κ3) is 2.06. The van der Waals surface area contributed by atoms with Gasteiger partial charge in [0.25, 0.3) is 0 Å². The lowest BCUT2D eigenvalue weighted by atomic mass is 10.1. The normalized spacial score (nSPS) is 13.3. The highest BCUT2D eigenvalue weighted by Crippen LogP contribution is 2.17. The molecule has 0 radical (unpaired) electrons. The Labute approximate surface area is 66.0 Å². The van der Waals surface area contributed by atoms with Crippen LogP contribution in [-0.4, -0.2) is 5.21 Å². The highest BCUT2D eigenvalue weighted by molar-refractivity contribution is 5.03. The first-order valence-corrected chi connectivity index (χ1v) is 3.81. The molecule has 1 aromatic heterocycles. The van der Waals surface area contributed by atoms with Gasteiger partial charge in [-0.05, 0) is 18.6 Å². The average Bonchev–Trinajstić information content (AvgIpc) is 2.52. The van der Waals surface area contributed by atoms with E-state index in [1.54, 1.807) is 6.26 Å². The lowest BCUT2D eigenvalue weighted by Crippen LogP contribution is -2.15. The van der Waals surface area contributed by atoms with E-state index >= 15 is 0 Å². The first-order valence-electron chi connectivity index (χ1n) is 3.81. The van der Waals surface area contributed by atoms with Crippen molar-refractivity contribution in [1.82, 2.24) is 5.48 Å². The molecule has 0 aliphatic rings. The Morgan fingerprint density at radius 2 is 2.55 bits per heavy atom. The first kappa shape index (κ1) is 8.30. The third-order valence-corrected chi connectivity index (χ3v) is 1.62. The van der Waals surface area contributed by atoms with Crippen LogP contribution in [-0.2, 0) is 0 Å². The van der Waals surface area contributed by atoms with Gasteiger partial charge in [0.15, 0.2) is 0 Å². The molecule has 1 heterocycles. The monoisotopic (exact) mass is 155 g/mol. The summed E-state index contributed by atoms with van der Waals surface area (Å²) in [5.41, 5.74) is 2.21. The topological polar surface area (TPSA) is 45.4 Å². The van der Waals surface area contributed by atoms with Gasteiger partial charge in [-0.2, -0.15) is 5.48 Å². The second kappa shape index (κ2) is 4.16. The van der Waals surface area contributed by atoms with E-state index in [4.69, 9.17) is 9.62 Å². The fraction of sp³-hybridized carbons (Fsp3) is 0.500. The number of hydrogen-bond donors (Lipinski definition) is 2. The van der Waals surface area contributed by atoms with E-state index < -0.39 is 0 Å². The Morgan fingerprint density at radius 3 is 3.00 bits per heavy atom. The molecule has 3 heteroatoms. The molecule has 1 aromatic rings. The van der Waals surface area contributed by atoms with Gasteiger partial charge >= 0.3 is 0 Å². The van der Waals surface area contributed by atoms with E-state index in [2.05, 4.69) is 12.4 Å². The minimum atomic E-state index is -0.0602. The highest BCUT2D eigenvalue weighted by Gasteiger charge is 2.10. The second-order valence-corrected chi connectivity index (χ2v) is 2.49. The van der Waals surface area contributed by atoms with Crippen LogP contribution in [0.15, 0.2) is 22.8 Å². The standard InChI is InChI=1S/C8H13NO2/c1-2-4-7(9-10)8-5-3-6-11-8/h3,5-7,9-10H,2,4H2,1H3/t7-/m1/s1. The average molecular weight is 155 g/mol. The Morgan fingerprint density at radius 1 is 1.73 bits per heavy atom. The fourth-order valence-electron chi connectivity index (χ4n) is 1.05. The maximum Gasteiger partial charge on any atom is 0.122 e. The largest absolute Gasteiger partial charge is 0.468 e. The maximum absolute atomic E-state index is 8.72. The molecule has 1 atom stereocenters. The number of hydrogen-bond acceptors (Lipinski definition) is 3. The predicted molar refractivity (Wildman–Crippen MR) is 41.3 cm³/mol. The van der Waals surface area contributed by atoms with E-state index in [-0.39, 0.29) is 6.04 Å². The summed E-state index contributed by atoms with van der Waals surface area (Å²) < 4.78 is 5.12. The van der Waals surface area contributed by atoms with Gasteiger partial charge in [0.1, 0.15) is 5.76 Å². The van der Waals surface area contributed by atoms with Crippen LogP contribution in [0, 0.1) is 0 Å². The van der Waals surface area contributed by atoms with Crippen molar-refractivity contribution in [3.8, 4) is 0 Å². The Kier molecular flexibility index (Phi) is 3.14. The number of hydroxylamine groups is 1. The van der Waals surface area contributed by atoms with Crippen LogP contribution in [0.3, 0.4) is 0 Å². The van der Waals surface area contributed by atoms with E-state index in [9.17, 15) is 0 Å². The van der Waals surface area contributed by atoms with Crippen molar-refractivity contribution in [2.45, 2.75) is 25.8 Å². The molecule has 0 fully saturated rings. The Balaban J connectivity index is 2.56. The lowest BCUT2D eigenvalue weighted by molar-refractivity contribution is 0.111. The van der Waals surface area contributed by atoms with Crippen LogP contribution in [0.2, 0.25) is 0 Å². The van der Waals surface area contributed by atoms with Crippen molar-refractivity contribution >= 4 is 0 Å². The summed E-state index contributed by atoms with van der Waals surface area (Å²) in [6.07, 6.45) is 3.50. The lowest BCUT2D eigenvalue weighted by Gasteiger charge is -2.09. The smallest absolute Gasteiger partial charge is 0.122 e. The summed E-state index contributed by atoms with van der Waals surface area (Å²) in [7, 11) is 0. The summed E-state index contributed by atoms with van der Waals surface area (Å²) in [5, 5.41) is 8.72. The van der Waals surface area contributed by atoms with E-state index in [1.807, 2.05) is 12.1 Å². The summed E-state index contributed by atoms with van der Waals surface area (Å²) in [5.74, 6) is 0.786. The fourth-order valence-corrected chi connectivity index (χ4v) is 1.05. The highest BCUT2D eigenvalue weighted by atomic mass is 16.5. The van der Waals surface area contributed by atoms with Crippen LogP contribution < -0.4 is 5.48 Å². The van der Waals surface area contributed by atoms with Gasteiger partial charge in [-0.3, -0.25) is 0 Å². The van der Waals surface area contributed by atoms with Crippen LogP contribution in [0.1, 0.15) is 31.6 Å². The molecular formula is C8H13NO2. The zero-order chi connectivity index (χ0) is 8.10. The zero-order valence-electron chi connectivity index (χ0n) is 6.58. The molecule has 1 rings (SSSR count). The summed E-state index contributed by atoms with van der Waals surface area (Å²) in [4.78, 5) is 0. The molecule has 3 nitrogen and oxygen atoms in total. The molecule has 0 aliphatic carbocycles. The minimum absolute atomic E-state index is 0.0602. The molecule has 0 spiro atoms. The Hall–Kier alpha value is -0.800. The molecule has 62 valence electrons. The molecule has 0 saturated heterocycles. The molecule has 0 aliphatic heterocycles. The van der Waals surface area contributed by atoms with Crippen LogP contribution in [0.25, 0.3) is 0 Å². The molecule has 0 aromatic carbocycles. The number of furan rings is 1.